The molecule has 1 rings (SSSR count). The van der Waals surface area contributed by atoms with Crippen molar-refractivity contribution in [1.82, 2.24) is 0 Å². The Bertz CT molecular complexity index is 435. The highest BCUT2D eigenvalue weighted by atomic mass is 32.2. The molecule has 76 valence electrons. The van der Waals surface area contributed by atoms with Crippen molar-refractivity contribution < 1.29 is 17.8 Å². The van der Waals surface area contributed by atoms with Crippen LogP contribution in [0.4, 0.5) is 5.69 Å². The molecule has 0 fully saturated rings. The second kappa shape index (κ2) is 3.77. The molecular weight excluding hydrogens is 206 g/mol. The minimum atomic E-state index is -4.41. The van der Waals surface area contributed by atoms with Crippen molar-refractivity contribution >= 4 is 21.7 Å². The van der Waals surface area contributed by atoms with Gasteiger partial charge in [-0.05, 0) is 24.3 Å². The molecule has 0 bridgehead atoms. The molecule has 0 unspecified atom stereocenters. The van der Waals surface area contributed by atoms with Gasteiger partial charge >= 0.3 is 0 Å². The van der Waals surface area contributed by atoms with E-state index in [1.807, 2.05) is 0 Å². The zero-order chi connectivity index (χ0) is 10.8. The van der Waals surface area contributed by atoms with Crippen molar-refractivity contribution in [3.8, 4) is 0 Å². The lowest BCUT2D eigenvalue weighted by molar-refractivity contribution is -0.114. The SMILES string of the molecule is CC(=O)Nc1ccc(S(=O)(=O)[O-])cc1. The molecule has 0 spiro atoms. The van der Waals surface area contributed by atoms with Crippen molar-refractivity contribution in [2.75, 3.05) is 5.32 Å². The zero-order valence-electron chi connectivity index (χ0n) is 7.35. The predicted molar refractivity (Wildman–Crippen MR) is 48.7 cm³/mol. The molecule has 0 radical (unpaired) electrons. The fraction of sp³-hybridized carbons (Fsp3) is 0.125. The molecule has 5 nitrogen and oxygen atoms in total. The molecule has 14 heavy (non-hydrogen) atoms. The number of carbonyl (C=O) groups excluding carboxylic acids is 1. The van der Waals surface area contributed by atoms with Crippen LogP contribution < -0.4 is 5.32 Å². The van der Waals surface area contributed by atoms with Crippen LogP contribution in [0.3, 0.4) is 0 Å². The summed E-state index contributed by atoms with van der Waals surface area (Å²) in [5, 5.41) is 2.45. The van der Waals surface area contributed by atoms with Gasteiger partial charge in [-0.1, -0.05) is 0 Å². The third kappa shape index (κ3) is 2.82. The molecule has 1 N–H and O–H groups in total. The van der Waals surface area contributed by atoms with Gasteiger partial charge in [0.1, 0.15) is 10.1 Å². The highest BCUT2D eigenvalue weighted by molar-refractivity contribution is 7.85. The predicted octanol–water partition coefficient (Wildman–Crippen LogP) is 0.549. The number of hydrogen-bond acceptors (Lipinski definition) is 4. The number of rotatable bonds is 2. The smallest absolute Gasteiger partial charge is 0.221 e. The lowest BCUT2D eigenvalue weighted by Gasteiger charge is -2.07. The van der Waals surface area contributed by atoms with Crippen molar-refractivity contribution in [3.05, 3.63) is 24.3 Å². The standard InChI is InChI=1S/C8H9NO4S/c1-6(10)9-7-2-4-8(5-3-7)14(11,12)13/h2-5H,1H3,(H,9,10)(H,11,12,13)/p-1. The van der Waals surface area contributed by atoms with E-state index in [1.54, 1.807) is 0 Å². The van der Waals surface area contributed by atoms with Crippen LogP contribution in [0.1, 0.15) is 6.92 Å². The van der Waals surface area contributed by atoms with E-state index in [4.69, 9.17) is 0 Å². The molecule has 0 saturated carbocycles. The zero-order valence-corrected chi connectivity index (χ0v) is 8.17. The largest absolute Gasteiger partial charge is 0.744 e. The van der Waals surface area contributed by atoms with Crippen molar-refractivity contribution in [2.45, 2.75) is 11.8 Å². The van der Waals surface area contributed by atoms with E-state index in [2.05, 4.69) is 5.32 Å². The van der Waals surface area contributed by atoms with E-state index in [0.29, 0.717) is 5.69 Å². The van der Waals surface area contributed by atoms with Gasteiger partial charge in [0.25, 0.3) is 0 Å². The Hall–Kier alpha value is -1.40. The minimum absolute atomic E-state index is 0.261. The van der Waals surface area contributed by atoms with E-state index in [0.717, 1.165) is 12.1 Å². The van der Waals surface area contributed by atoms with E-state index >= 15 is 0 Å². The number of hydrogen-bond donors (Lipinski definition) is 1. The summed E-state index contributed by atoms with van der Waals surface area (Å²) < 4.78 is 31.6. The minimum Gasteiger partial charge on any atom is -0.744 e. The van der Waals surface area contributed by atoms with Gasteiger partial charge in [-0.2, -0.15) is 0 Å². The van der Waals surface area contributed by atoms with Crippen molar-refractivity contribution in [3.63, 3.8) is 0 Å². The van der Waals surface area contributed by atoms with Gasteiger partial charge in [-0.15, -0.1) is 0 Å². The topological polar surface area (TPSA) is 86.3 Å². The average Bonchev–Trinajstić information content (AvgIpc) is 2.02. The van der Waals surface area contributed by atoms with Crippen LogP contribution in [-0.4, -0.2) is 18.9 Å². The maximum Gasteiger partial charge on any atom is 0.221 e. The first-order valence-corrected chi connectivity index (χ1v) is 5.14. The van der Waals surface area contributed by atoms with Gasteiger partial charge in [0.05, 0.1) is 4.90 Å². The van der Waals surface area contributed by atoms with Crippen LogP contribution >= 0.6 is 0 Å². The number of amides is 1. The molecule has 0 saturated heterocycles. The molecule has 0 aliphatic heterocycles. The Balaban J connectivity index is 2.95. The highest BCUT2D eigenvalue weighted by Gasteiger charge is 2.00. The van der Waals surface area contributed by atoms with Crippen LogP contribution in [-0.2, 0) is 14.9 Å². The van der Waals surface area contributed by atoms with Crippen molar-refractivity contribution in [1.29, 1.82) is 0 Å². The average molecular weight is 214 g/mol. The molecule has 0 aliphatic carbocycles. The van der Waals surface area contributed by atoms with E-state index in [-0.39, 0.29) is 10.8 Å². The first-order valence-electron chi connectivity index (χ1n) is 3.73. The lowest BCUT2D eigenvalue weighted by atomic mass is 10.3. The normalized spacial score (nSPS) is 11.0. The third-order valence-corrected chi connectivity index (χ3v) is 2.31. The van der Waals surface area contributed by atoms with Crippen LogP contribution in [0.5, 0.6) is 0 Å². The summed E-state index contributed by atoms with van der Waals surface area (Å²) in [5.41, 5.74) is 0.449. The summed E-state index contributed by atoms with van der Waals surface area (Å²) in [4.78, 5) is 10.3. The van der Waals surface area contributed by atoms with E-state index in [1.165, 1.54) is 19.1 Å². The van der Waals surface area contributed by atoms with E-state index < -0.39 is 10.1 Å². The molecule has 0 aliphatic rings. The molecule has 0 heterocycles. The van der Waals surface area contributed by atoms with Gasteiger partial charge in [0, 0.05) is 12.6 Å². The van der Waals surface area contributed by atoms with Crippen LogP contribution in [0.25, 0.3) is 0 Å². The summed E-state index contributed by atoms with van der Waals surface area (Å²) in [6, 6.07) is 5.00. The summed E-state index contributed by atoms with van der Waals surface area (Å²) in [6.07, 6.45) is 0. The second-order valence-corrected chi connectivity index (χ2v) is 4.04. The van der Waals surface area contributed by atoms with Gasteiger partial charge in [-0.3, -0.25) is 4.79 Å². The number of anilines is 1. The van der Waals surface area contributed by atoms with Crippen LogP contribution in [0.2, 0.25) is 0 Å². The molecule has 1 amide bonds. The fourth-order valence-corrected chi connectivity index (χ4v) is 1.38. The first kappa shape index (κ1) is 10.7. The lowest BCUT2D eigenvalue weighted by Crippen LogP contribution is -2.06. The van der Waals surface area contributed by atoms with Gasteiger partial charge in [-0.25, -0.2) is 8.42 Å². The second-order valence-electron chi connectivity index (χ2n) is 2.66. The molecule has 0 atom stereocenters. The Morgan fingerprint density at radius 3 is 2.14 bits per heavy atom. The number of nitrogens with one attached hydrogen (secondary N) is 1. The molecule has 0 aromatic heterocycles. The monoisotopic (exact) mass is 214 g/mol. The summed E-state index contributed by atoms with van der Waals surface area (Å²) in [7, 11) is -4.41. The molecule has 1 aromatic rings. The summed E-state index contributed by atoms with van der Waals surface area (Å²) >= 11 is 0. The maximum atomic E-state index is 10.6. The van der Waals surface area contributed by atoms with Crippen molar-refractivity contribution in [2.24, 2.45) is 0 Å². The Morgan fingerprint density at radius 1 is 1.29 bits per heavy atom. The molecule has 6 heteroatoms. The Morgan fingerprint density at radius 2 is 1.79 bits per heavy atom. The summed E-state index contributed by atoms with van der Waals surface area (Å²) in [6.45, 7) is 1.33. The maximum absolute atomic E-state index is 10.6. The number of carbonyl (C=O) groups is 1. The number of benzene rings is 1. The Kier molecular flexibility index (Phi) is 2.87. The third-order valence-electron chi connectivity index (χ3n) is 1.46. The molecule has 1 aromatic carbocycles. The van der Waals surface area contributed by atoms with Gasteiger partial charge in [0.15, 0.2) is 0 Å². The van der Waals surface area contributed by atoms with Gasteiger partial charge < -0.3 is 9.87 Å². The van der Waals surface area contributed by atoms with Crippen LogP contribution in [0, 0.1) is 0 Å². The van der Waals surface area contributed by atoms with E-state index in [9.17, 15) is 17.8 Å². The quantitative estimate of drug-likeness (QED) is 0.728. The first-order chi connectivity index (χ1) is 6.39. The molecular formula is C8H8NO4S-. The highest BCUT2D eigenvalue weighted by Crippen LogP contribution is 2.13. The Labute approximate surface area is 81.5 Å². The van der Waals surface area contributed by atoms with Crippen LogP contribution in [0.15, 0.2) is 29.2 Å². The summed E-state index contributed by atoms with van der Waals surface area (Å²) in [5.74, 6) is -0.261. The van der Waals surface area contributed by atoms with Gasteiger partial charge in [0.2, 0.25) is 5.91 Å². The fourth-order valence-electron chi connectivity index (χ4n) is 0.908.